The minimum absolute atomic E-state index is 0.0285. The SMILES string of the molecule is C=CCN1C(=O)C(=Cc2ccc(OCc3cccc(C(=O)O)c3)c(Cl)c2)C(=O)NC1=S. The van der Waals surface area contributed by atoms with Crippen molar-refractivity contribution >= 4 is 52.8 Å². The van der Waals surface area contributed by atoms with Crippen LogP contribution in [0.2, 0.25) is 5.02 Å². The zero-order valence-electron chi connectivity index (χ0n) is 16.1. The lowest BCUT2D eigenvalue weighted by Gasteiger charge is -2.27. The second kappa shape index (κ2) is 9.55. The topological polar surface area (TPSA) is 95.9 Å². The molecule has 1 heterocycles. The second-order valence-corrected chi connectivity index (χ2v) is 7.30. The maximum atomic E-state index is 12.6. The number of aromatic carboxylic acids is 1. The van der Waals surface area contributed by atoms with E-state index in [2.05, 4.69) is 11.9 Å². The molecule has 0 unspecified atom stereocenters. The predicted octanol–water partition coefficient (Wildman–Crippen LogP) is 3.43. The van der Waals surface area contributed by atoms with Crippen LogP contribution in [0, 0.1) is 0 Å². The van der Waals surface area contributed by atoms with Gasteiger partial charge in [0.15, 0.2) is 5.11 Å². The average Bonchev–Trinajstić information content (AvgIpc) is 2.73. The number of carboxylic acid groups (broad SMARTS) is 1. The fraction of sp³-hybridized carbons (Fsp3) is 0.0909. The van der Waals surface area contributed by atoms with E-state index in [0.717, 1.165) is 0 Å². The Labute approximate surface area is 188 Å². The number of carbonyl (C=O) groups is 3. The highest BCUT2D eigenvalue weighted by atomic mass is 35.5. The van der Waals surface area contributed by atoms with Gasteiger partial charge < -0.3 is 9.84 Å². The Kier molecular flexibility index (Phi) is 6.84. The van der Waals surface area contributed by atoms with Gasteiger partial charge in [-0.05, 0) is 53.7 Å². The Balaban J connectivity index is 1.77. The summed E-state index contributed by atoms with van der Waals surface area (Å²) in [6, 6.07) is 11.2. The van der Waals surface area contributed by atoms with Gasteiger partial charge in [-0.1, -0.05) is 35.9 Å². The molecule has 1 aliphatic heterocycles. The van der Waals surface area contributed by atoms with Crippen LogP contribution < -0.4 is 10.1 Å². The number of amides is 2. The van der Waals surface area contributed by atoms with Gasteiger partial charge in [-0.25, -0.2) is 4.79 Å². The summed E-state index contributed by atoms with van der Waals surface area (Å²) >= 11 is 11.3. The highest BCUT2D eigenvalue weighted by molar-refractivity contribution is 7.80. The molecule has 1 aliphatic rings. The van der Waals surface area contributed by atoms with E-state index in [1.807, 2.05) is 0 Å². The number of benzene rings is 2. The third-order valence-electron chi connectivity index (χ3n) is 4.33. The van der Waals surface area contributed by atoms with Crippen molar-refractivity contribution in [1.82, 2.24) is 10.2 Å². The first kappa shape index (κ1) is 22.2. The van der Waals surface area contributed by atoms with Crippen LogP contribution in [0.1, 0.15) is 21.5 Å². The maximum absolute atomic E-state index is 12.6. The minimum atomic E-state index is -1.02. The highest BCUT2D eigenvalue weighted by Gasteiger charge is 2.32. The molecule has 3 rings (SSSR count). The van der Waals surface area contributed by atoms with Crippen LogP contribution in [0.3, 0.4) is 0 Å². The molecular weight excluding hydrogens is 440 g/mol. The van der Waals surface area contributed by atoms with Crippen LogP contribution in [0.4, 0.5) is 0 Å². The van der Waals surface area contributed by atoms with E-state index in [1.54, 1.807) is 30.3 Å². The van der Waals surface area contributed by atoms with Gasteiger partial charge in [-0.3, -0.25) is 19.8 Å². The van der Waals surface area contributed by atoms with Crippen molar-refractivity contribution < 1.29 is 24.2 Å². The minimum Gasteiger partial charge on any atom is -0.487 e. The van der Waals surface area contributed by atoms with Gasteiger partial charge in [0.25, 0.3) is 11.8 Å². The first-order valence-electron chi connectivity index (χ1n) is 9.04. The summed E-state index contributed by atoms with van der Waals surface area (Å²) in [6.07, 6.45) is 2.93. The zero-order valence-corrected chi connectivity index (χ0v) is 17.7. The number of hydrogen-bond donors (Lipinski definition) is 2. The Bertz CT molecular complexity index is 1130. The standard InChI is InChI=1S/C22H17ClN2O5S/c1-2-8-25-20(27)16(19(26)24-22(25)31)10-13-6-7-18(17(23)11-13)30-12-14-4-3-5-15(9-14)21(28)29/h2-7,9-11H,1,8,12H2,(H,28,29)(H,24,26,31). The predicted molar refractivity (Wildman–Crippen MR) is 120 cm³/mol. The smallest absolute Gasteiger partial charge is 0.335 e. The van der Waals surface area contributed by atoms with Crippen molar-refractivity contribution in [3.05, 3.63) is 82.4 Å². The molecule has 0 atom stereocenters. The fourth-order valence-electron chi connectivity index (χ4n) is 2.83. The number of nitrogens with zero attached hydrogens (tertiary/aromatic N) is 1. The lowest BCUT2D eigenvalue weighted by Crippen LogP contribution is -2.53. The van der Waals surface area contributed by atoms with E-state index in [9.17, 15) is 14.4 Å². The molecule has 1 saturated heterocycles. The summed E-state index contributed by atoms with van der Waals surface area (Å²) in [5.41, 5.74) is 1.28. The molecular formula is C22H17ClN2O5S. The number of hydrogen-bond acceptors (Lipinski definition) is 5. The van der Waals surface area contributed by atoms with Crippen molar-refractivity contribution in [2.45, 2.75) is 6.61 Å². The van der Waals surface area contributed by atoms with Crippen LogP contribution in [0.25, 0.3) is 6.08 Å². The van der Waals surface area contributed by atoms with Gasteiger partial charge in [0.2, 0.25) is 0 Å². The molecule has 0 aromatic heterocycles. The highest BCUT2D eigenvalue weighted by Crippen LogP contribution is 2.28. The third-order valence-corrected chi connectivity index (χ3v) is 4.95. The van der Waals surface area contributed by atoms with Crippen LogP contribution in [-0.2, 0) is 16.2 Å². The van der Waals surface area contributed by atoms with Crippen molar-refractivity contribution in [3.8, 4) is 5.75 Å². The molecule has 2 amide bonds. The maximum Gasteiger partial charge on any atom is 0.335 e. The molecule has 0 bridgehead atoms. The third kappa shape index (κ3) is 5.17. The van der Waals surface area contributed by atoms with E-state index in [0.29, 0.717) is 16.9 Å². The summed E-state index contributed by atoms with van der Waals surface area (Å²) in [7, 11) is 0. The summed E-state index contributed by atoms with van der Waals surface area (Å²) in [6.45, 7) is 3.87. The van der Waals surface area contributed by atoms with E-state index in [1.165, 1.54) is 29.2 Å². The molecule has 0 spiro atoms. The average molecular weight is 457 g/mol. The van der Waals surface area contributed by atoms with Gasteiger partial charge in [0, 0.05) is 6.54 Å². The molecule has 2 aromatic carbocycles. The van der Waals surface area contributed by atoms with Gasteiger partial charge in [-0.15, -0.1) is 6.58 Å². The van der Waals surface area contributed by atoms with Crippen LogP contribution in [0.5, 0.6) is 5.75 Å². The monoisotopic (exact) mass is 456 g/mol. The molecule has 0 aliphatic carbocycles. The van der Waals surface area contributed by atoms with Crippen LogP contribution in [-0.4, -0.2) is 39.4 Å². The van der Waals surface area contributed by atoms with E-state index < -0.39 is 17.8 Å². The Hall–Kier alpha value is -3.49. The normalized spacial score (nSPS) is 15.1. The lowest BCUT2D eigenvalue weighted by atomic mass is 10.1. The summed E-state index contributed by atoms with van der Waals surface area (Å²) < 4.78 is 5.68. The van der Waals surface area contributed by atoms with E-state index >= 15 is 0 Å². The van der Waals surface area contributed by atoms with E-state index in [-0.39, 0.29) is 34.4 Å². The number of carboxylic acids is 1. The van der Waals surface area contributed by atoms with Crippen molar-refractivity contribution in [2.75, 3.05) is 6.54 Å². The Morgan fingerprint density at radius 3 is 2.71 bits per heavy atom. The largest absolute Gasteiger partial charge is 0.487 e. The molecule has 0 saturated carbocycles. The van der Waals surface area contributed by atoms with Crippen LogP contribution >= 0.6 is 23.8 Å². The molecule has 158 valence electrons. The Morgan fingerprint density at radius 2 is 2.03 bits per heavy atom. The summed E-state index contributed by atoms with van der Waals surface area (Å²) in [5.74, 6) is -1.77. The molecule has 31 heavy (non-hydrogen) atoms. The van der Waals surface area contributed by atoms with Crippen molar-refractivity contribution in [3.63, 3.8) is 0 Å². The quantitative estimate of drug-likeness (QED) is 0.287. The molecule has 0 radical (unpaired) electrons. The van der Waals surface area contributed by atoms with Crippen molar-refractivity contribution in [2.24, 2.45) is 0 Å². The molecule has 2 N–H and O–H groups in total. The number of ether oxygens (including phenoxy) is 1. The number of rotatable bonds is 7. The number of thiocarbonyl (C=S) groups is 1. The van der Waals surface area contributed by atoms with Crippen LogP contribution in [0.15, 0.2) is 60.7 Å². The first-order chi connectivity index (χ1) is 14.8. The first-order valence-corrected chi connectivity index (χ1v) is 9.83. The number of carbonyl (C=O) groups excluding carboxylic acids is 2. The van der Waals surface area contributed by atoms with Gasteiger partial charge in [0.05, 0.1) is 10.6 Å². The van der Waals surface area contributed by atoms with Gasteiger partial charge >= 0.3 is 5.97 Å². The zero-order chi connectivity index (χ0) is 22.5. The second-order valence-electron chi connectivity index (χ2n) is 6.51. The number of nitrogens with one attached hydrogen (secondary N) is 1. The van der Waals surface area contributed by atoms with E-state index in [4.69, 9.17) is 33.7 Å². The van der Waals surface area contributed by atoms with Crippen molar-refractivity contribution in [1.29, 1.82) is 0 Å². The number of halogens is 1. The molecule has 9 heteroatoms. The summed E-state index contributed by atoms with van der Waals surface area (Å²) in [4.78, 5) is 37.1. The lowest BCUT2D eigenvalue weighted by molar-refractivity contribution is -0.128. The van der Waals surface area contributed by atoms with Gasteiger partial charge in [0.1, 0.15) is 17.9 Å². The molecule has 1 fully saturated rings. The Morgan fingerprint density at radius 1 is 1.26 bits per heavy atom. The molecule has 7 nitrogen and oxygen atoms in total. The van der Waals surface area contributed by atoms with Gasteiger partial charge in [-0.2, -0.15) is 0 Å². The summed E-state index contributed by atoms with van der Waals surface area (Å²) in [5, 5.41) is 11.8. The fourth-order valence-corrected chi connectivity index (χ4v) is 3.33. The molecule has 2 aromatic rings.